The maximum Gasteiger partial charge on any atom is 0.241 e. The van der Waals surface area contributed by atoms with Crippen LogP contribution < -0.4 is 5.32 Å². The van der Waals surface area contributed by atoms with Gasteiger partial charge in [0, 0.05) is 30.5 Å². The van der Waals surface area contributed by atoms with Crippen molar-refractivity contribution in [1.82, 2.24) is 9.88 Å². The summed E-state index contributed by atoms with van der Waals surface area (Å²) >= 11 is 8.09. The highest BCUT2D eigenvalue weighted by atomic mass is 32.2. The third kappa shape index (κ3) is 5.37. The first-order chi connectivity index (χ1) is 12.9. The molecule has 2 heterocycles. The summed E-state index contributed by atoms with van der Waals surface area (Å²) < 4.78 is 0.605. The first kappa shape index (κ1) is 20.0. The van der Waals surface area contributed by atoms with E-state index in [2.05, 4.69) is 35.4 Å². The number of thioether (sulfide) groups is 1. The van der Waals surface area contributed by atoms with Crippen molar-refractivity contribution in [2.24, 2.45) is 0 Å². The molecule has 1 N–H and O–H groups in total. The molecule has 1 saturated heterocycles. The fraction of sp³-hybridized carbons (Fsp3) is 0.368. The molecule has 1 aliphatic heterocycles. The Bertz CT molecular complexity index is 865. The zero-order valence-electron chi connectivity index (χ0n) is 15.2. The number of aryl methyl sites for hydroxylation is 1. The minimum absolute atomic E-state index is 0.0334. The fourth-order valence-electron chi connectivity index (χ4n) is 2.83. The monoisotopic (exact) mass is 419 g/mol. The predicted octanol–water partition coefficient (Wildman–Crippen LogP) is 4.01. The second-order valence-electron chi connectivity index (χ2n) is 6.47. The van der Waals surface area contributed by atoms with Gasteiger partial charge in [-0.25, -0.2) is 4.98 Å². The molecule has 3 rings (SSSR count). The van der Waals surface area contributed by atoms with Gasteiger partial charge in [-0.3, -0.25) is 14.5 Å². The first-order valence-corrected chi connectivity index (χ1v) is 10.8. The Hall–Kier alpha value is -1.77. The average Bonchev–Trinajstić information content (AvgIpc) is 3.13. The van der Waals surface area contributed by atoms with E-state index in [9.17, 15) is 9.59 Å². The minimum Gasteiger partial charge on any atom is -0.302 e. The number of hydrogen-bond donors (Lipinski definition) is 1. The van der Waals surface area contributed by atoms with Crippen LogP contribution >= 0.6 is 35.3 Å². The summed E-state index contributed by atoms with van der Waals surface area (Å²) in [6, 6.07) is 8.36. The van der Waals surface area contributed by atoms with Gasteiger partial charge in [-0.2, -0.15) is 0 Å². The van der Waals surface area contributed by atoms with Crippen molar-refractivity contribution in [1.29, 1.82) is 0 Å². The highest BCUT2D eigenvalue weighted by Crippen LogP contribution is 2.27. The van der Waals surface area contributed by atoms with E-state index in [1.807, 2.05) is 19.2 Å². The van der Waals surface area contributed by atoms with Crippen LogP contribution in [0.4, 0.5) is 5.13 Å². The van der Waals surface area contributed by atoms with Crippen LogP contribution in [0.25, 0.3) is 0 Å². The number of thiazole rings is 1. The molecule has 142 valence electrons. The Morgan fingerprint density at radius 3 is 2.93 bits per heavy atom. The largest absolute Gasteiger partial charge is 0.302 e. The van der Waals surface area contributed by atoms with Gasteiger partial charge in [-0.15, -0.1) is 11.3 Å². The number of thiocarbonyl (C=S) groups is 1. The second kappa shape index (κ2) is 8.95. The average molecular weight is 420 g/mol. The smallest absolute Gasteiger partial charge is 0.241 e. The molecule has 1 aromatic heterocycles. The summed E-state index contributed by atoms with van der Waals surface area (Å²) in [5, 5.41) is 3.34. The lowest BCUT2D eigenvalue weighted by Gasteiger charge is -2.14. The van der Waals surface area contributed by atoms with Crippen LogP contribution in [0.3, 0.4) is 0 Å². The van der Waals surface area contributed by atoms with Crippen LogP contribution in [0.15, 0.2) is 30.5 Å². The van der Waals surface area contributed by atoms with Gasteiger partial charge in [0.2, 0.25) is 11.8 Å². The second-order valence-corrected chi connectivity index (χ2v) is 9.55. The Kier molecular flexibility index (Phi) is 6.62. The van der Waals surface area contributed by atoms with Gasteiger partial charge in [0.05, 0.1) is 5.25 Å². The van der Waals surface area contributed by atoms with E-state index in [-0.39, 0.29) is 17.1 Å². The van der Waals surface area contributed by atoms with E-state index in [1.54, 1.807) is 4.90 Å². The van der Waals surface area contributed by atoms with Crippen molar-refractivity contribution >= 4 is 56.6 Å². The van der Waals surface area contributed by atoms with Gasteiger partial charge in [0.25, 0.3) is 0 Å². The van der Waals surface area contributed by atoms with Gasteiger partial charge in [-0.05, 0) is 25.8 Å². The van der Waals surface area contributed by atoms with E-state index in [0.29, 0.717) is 28.8 Å². The number of carbonyl (C=O) groups excluding carboxylic acids is 2. The van der Waals surface area contributed by atoms with E-state index >= 15 is 0 Å². The highest BCUT2D eigenvalue weighted by molar-refractivity contribution is 8.24. The quantitative estimate of drug-likeness (QED) is 0.687. The third-order valence-electron chi connectivity index (χ3n) is 4.16. The lowest BCUT2D eigenvalue weighted by molar-refractivity contribution is -0.126. The number of amides is 2. The summed E-state index contributed by atoms with van der Waals surface area (Å²) in [6.07, 6.45) is 3.52. The molecule has 1 aliphatic rings. The SMILES string of the molecule is Cc1cccc(Cc2cnc(NC(=O)CCCN3C(=O)C(C)SC3=S)s2)c1. The molecule has 27 heavy (non-hydrogen) atoms. The van der Waals surface area contributed by atoms with E-state index in [4.69, 9.17) is 12.2 Å². The zero-order valence-corrected chi connectivity index (χ0v) is 17.7. The number of nitrogens with one attached hydrogen (secondary N) is 1. The summed E-state index contributed by atoms with van der Waals surface area (Å²) in [7, 11) is 0. The summed E-state index contributed by atoms with van der Waals surface area (Å²) in [5.41, 5.74) is 2.46. The van der Waals surface area contributed by atoms with Gasteiger partial charge in [0.15, 0.2) is 5.13 Å². The van der Waals surface area contributed by atoms with Crippen molar-refractivity contribution in [3.8, 4) is 0 Å². The van der Waals surface area contributed by atoms with Crippen LogP contribution in [0, 0.1) is 6.92 Å². The molecule has 2 amide bonds. The van der Waals surface area contributed by atoms with Gasteiger partial charge < -0.3 is 5.32 Å². The molecule has 1 fully saturated rings. The highest BCUT2D eigenvalue weighted by Gasteiger charge is 2.33. The van der Waals surface area contributed by atoms with Gasteiger partial charge in [0.1, 0.15) is 4.32 Å². The zero-order chi connectivity index (χ0) is 19.4. The van der Waals surface area contributed by atoms with Crippen LogP contribution in [-0.2, 0) is 16.0 Å². The molecular formula is C19H21N3O2S3. The Labute approximate surface area is 172 Å². The van der Waals surface area contributed by atoms with E-state index in [0.717, 1.165) is 11.3 Å². The number of carbonyl (C=O) groups is 2. The molecule has 2 aromatic rings. The Morgan fingerprint density at radius 2 is 2.22 bits per heavy atom. The van der Waals surface area contributed by atoms with Crippen molar-refractivity contribution in [3.05, 3.63) is 46.5 Å². The van der Waals surface area contributed by atoms with E-state index < -0.39 is 0 Å². The molecule has 1 unspecified atom stereocenters. The molecule has 8 heteroatoms. The van der Waals surface area contributed by atoms with Crippen molar-refractivity contribution in [2.75, 3.05) is 11.9 Å². The molecule has 0 aliphatic carbocycles. The fourth-order valence-corrected chi connectivity index (χ4v) is 5.14. The van der Waals surface area contributed by atoms with Crippen molar-refractivity contribution < 1.29 is 9.59 Å². The summed E-state index contributed by atoms with van der Waals surface area (Å²) in [6.45, 7) is 4.41. The van der Waals surface area contributed by atoms with Crippen LogP contribution in [0.1, 0.15) is 35.8 Å². The number of hydrogen-bond acceptors (Lipinski definition) is 6. The Balaban J connectivity index is 1.45. The van der Waals surface area contributed by atoms with Crippen LogP contribution in [0.5, 0.6) is 0 Å². The van der Waals surface area contributed by atoms with Gasteiger partial charge in [-0.1, -0.05) is 53.8 Å². The number of aromatic nitrogens is 1. The minimum atomic E-state index is -0.117. The Morgan fingerprint density at radius 1 is 1.41 bits per heavy atom. The number of benzene rings is 1. The molecular weight excluding hydrogens is 398 g/mol. The molecule has 5 nitrogen and oxygen atoms in total. The normalized spacial score (nSPS) is 16.8. The molecule has 0 saturated carbocycles. The third-order valence-corrected chi connectivity index (χ3v) is 6.56. The van der Waals surface area contributed by atoms with Crippen molar-refractivity contribution in [3.63, 3.8) is 0 Å². The first-order valence-electron chi connectivity index (χ1n) is 8.74. The predicted molar refractivity (Wildman–Crippen MR) is 115 cm³/mol. The molecule has 0 radical (unpaired) electrons. The molecule has 1 aromatic carbocycles. The van der Waals surface area contributed by atoms with Crippen molar-refractivity contribution in [2.45, 2.75) is 38.4 Å². The maximum absolute atomic E-state index is 12.1. The molecule has 1 atom stereocenters. The standard InChI is InChI=1S/C19H21N3O2S3/c1-12-5-3-6-14(9-12)10-15-11-20-18(27-15)21-16(23)7-4-8-22-17(24)13(2)26-19(22)25/h3,5-6,9,11,13H,4,7-8,10H2,1-2H3,(H,20,21,23). The molecule has 0 bridgehead atoms. The van der Waals surface area contributed by atoms with Crippen LogP contribution in [-0.4, -0.2) is 37.8 Å². The summed E-state index contributed by atoms with van der Waals surface area (Å²) in [4.78, 5) is 31.1. The molecule has 0 spiro atoms. The lowest BCUT2D eigenvalue weighted by Crippen LogP contribution is -2.32. The van der Waals surface area contributed by atoms with E-state index in [1.165, 1.54) is 34.2 Å². The summed E-state index contributed by atoms with van der Waals surface area (Å²) in [5.74, 6) is -0.0594. The number of anilines is 1. The maximum atomic E-state index is 12.1. The number of rotatable bonds is 7. The number of nitrogens with zero attached hydrogens (tertiary/aromatic N) is 2. The van der Waals surface area contributed by atoms with Gasteiger partial charge >= 0.3 is 0 Å². The lowest BCUT2D eigenvalue weighted by atomic mass is 10.1. The topological polar surface area (TPSA) is 62.3 Å². The van der Waals surface area contributed by atoms with Crippen LogP contribution in [0.2, 0.25) is 0 Å².